The summed E-state index contributed by atoms with van der Waals surface area (Å²) in [5, 5.41) is 0. The molecular formula is C40H46N2. The fraction of sp³-hybridized carbons (Fsp3) is 0.200. The molecule has 42 heavy (non-hydrogen) atoms. The third-order valence-corrected chi connectivity index (χ3v) is 7.84. The van der Waals surface area contributed by atoms with Gasteiger partial charge in [-0.2, -0.15) is 0 Å². The molecule has 3 aromatic carbocycles. The smallest absolute Gasteiger partial charge is 0.0729 e. The summed E-state index contributed by atoms with van der Waals surface area (Å²) in [5.41, 5.74) is 16.0. The van der Waals surface area contributed by atoms with Gasteiger partial charge in [0.2, 0.25) is 0 Å². The number of nitrogens with two attached hydrogens (primary N) is 1. The van der Waals surface area contributed by atoms with Crippen molar-refractivity contribution in [3.05, 3.63) is 174 Å². The van der Waals surface area contributed by atoms with Crippen LogP contribution in [0.2, 0.25) is 0 Å². The van der Waals surface area contributed by atoms with Gasteiger partial charge >= 0.3 is 0 Å². The first-order chi connectivity index (χ1) is 20.1. The minimum atomic E-state index is -0.154. The topological polar surface area (TPSA) is 29.3 Å². The van der Waals surface area contributed by atoms with Crippen LogP contribution in [0.1, 0.15) is 62.4 Å². The normalized spacial score (nSPS) is 13.9. The SMILES string of the molecule is C=C/C=C(\C=C/C)C(/C=C(\C)c1ccc(C(C)(C)c2ccc(/C(N)=C/C=C\C)cc2)cc1)N(C)C(=C)c1ccccc1. The Kier molecular flexibility index (Phi) is 11.3. The maximum Gasteiger partial charge on any atom is 0.0729 e. The minimum Gasteiger partial charge on any atom is -0.398 e. The highest BCUT2D eigenvalue weighted by atomic mass is 15.1. The molecule has 0 spiro atoms. The Labute approximate surface area is 254 Å². The Balaban J connectivity index is 1.92. The molecule has 0 bridgehead atoms. The van der Waals surface area contributed by atoms with Crippen molar-refractivity contribution in [3.8, 4) is 0 Å². The van der Waals surface area contributed by atoms with Gasteiger partial charge in [0.15, 0.2) is 0 Å². The average Bonchev–Trinajstić information content (AvgIpc) is 3.02. The Bertz CT molecular complexity index is 1490. The lowest BCUT2D eigenvalue weighted by Crippen LogP contribution is -2.30. The van der Waals surface area contributed by atoms with Gasteiger partial charge < -0.3 is 10.6 Å². The summed E-state index contributed by atoms with van der Waals surface area (Å²) in [7, 11) is 2.10. The van der Waals surface area contributed by atoms with E-state index in [1.165, 1.54) is 22.3 Å². The molecule has 2 heteroatoms. The molecule has 216 valence electrons. The quantitative estimate of drug-likeness (QED) is 0.226. The molecule has 0 aliphatic heterocycles. The van der Waals surface area contributed by atoms with E-state index in [9.17, 15) is 0 Å². The van der Waals surface area contributed by atoms with Gasteiger partial charge in [0.05, 0.1) is 6.04 Å². The summed E-state index contributed by atoms with van der Waals surface area (Å²) < 4.78 is 0. The third-order valence-electron chi connectivity index (χ3n) is 7.84. The van der Waals surface area contributed by atoms with Gasteiger partial charge in [-0.15, -0.1) is 0 Å². The predicted molar refractivity (Wildman–Crippen MR) is 186 cm³/mol. The van der Waals surface area contributed by atoms with Crippen LogP contribution in [0.4, 0.5) is 0 Å². The second-order valence-electron chi connectivity index (χ2n) is 11.0. The molecule has 3 aromatic rings. The average molecular weight is 555 g/mol. The summed E-state index contributed by atoms with van der Waals surface area (Å²) in [6.07, 6.45) is 16.3. The molecule has 0 heterocycles. The first-order valence-electron chi connectivity index (χ1n) is 14.5. The van der Waals surface area contributed by atoms with E-state index in [1.54, 1.807) is 0 Å². The molecule has 1 unspecified atom stereocenters. The van der Waals surface area contributed by atoms with Gasteiger partial charge in [0.25, 0.3) is 0 Å². The lowest BCUT2D eigenvalue weighted by atomic mass is 9.77. The molecule has 2 nitrogen and oxygen atoms in total. The monoisotopic (exact) mass is 554 g/mol. The highest BCUT2D eigenvalue weighted by molar-refractivity contribution is 5.69. The van der Waals surface area contributed by atoms with Crippen LogP contribution in [0.15, 0.2) is 146 Å². The van der Waals surface area contributed by atoms with Crippen molar-refractivity contribution in [1.29, 1.82) is 0 Å². The lowest BCUT2D eigenvalue weighted by Gasteiger charge is -2.31. The lowest BCUT2D eigenvalue weighted by molar-refractivity contribution is 0.452. The van der Waals surface area contributed by atoms with E-state index in [0.717, 1.165) is 28.1 Å². The molecule has 3 rings (SSSR count). The first kappa shape index (κ1) is 32.0. The molecular weight excluding hydrogens is 508 g/mol. The Hall–Kier alpha value is -4.56. The first-order valence-corrected chi connectivity index (χ1v) is 14.5. The minimum absolute atomic E-state index is 0.0177. The van der Waals surface area contributed by atoms with E-state index in [2.05, 4.69) is 131 Å². The number of hydrogen-bond donors (Lipinski definition) is 1. The molecule has 0 aliphatic carbocycles. The van der Waals surface area contributed by atoms with Crippen molar-refractivity contribution in [2.24, 2.45) is 5.73 Å². The second kappa shape index (κ2) is 14.9. The zero-order valence-electron chi connectivity index (χ0n) is 26.1. The molecule has 0 saturated heterocycles. The van der Waals surface area contributed by atoms with Gasteiger partial charge in [-0.25, -0.2) is 0 Å². The van der Waals surface area contributed by atoms with E-state index >= 15 is 0 Å². The van der Waals surface area contributed by atoms with E-state index in [1.807, 2.05) is 56.4 Å². The van der Waals surface area contributed by atoms with Gasteiger partial charge in [-0.3, -0.25) is 0 Å². The van der Waals surface area contributed by atoms with Crippen LogP contribution in [-0.4, -0.2) is 18.0 Å². The van der Waals surface area contributed by atoms with Gasteiger partial charge in [0, 0.05) is 23.9 Å². The van der Waals surface area contributed by atoms with Gasteiger partial charge in [-0.1, -0.05) is 148 Å². The summed E-state index contributed by atoms with van der Waals surface area (Å²) in [6.45, 7) is 19.1. The van der Waals surface area contributed by atoms with E-state index in [-0.39, 0.29) is 11.5 Å². The second-order valence-corrected chi connectivity index (χ2v) is 11.0. The molecule has 0 aromatic heterocycles. The van der Waals surface area contributed by atoms with Crippen LogP contribution < -0.4 is 5.73 Å². The number of benzene rings is 3. The zero-order valence-corrected chi connectivity index (χ0v) is 26.1. The maximum atomic E-state index is 6.23. The fourth-order valence-electron chi connectivity index (χ4n) is 5.04. The van der Waals surface area contributed by atoms with Crippen molar-refractivity contribution in [2.45, 2.75) is 46.1 Å². The Morgan fingerprint density at radius 3 is 1.90 bits per heavy atom. The molecule has 0 amide bonds. The van der Waals surface area contributed by atoms with Crippen LogP contribution in [0, 0.1) is 0 Å². The van der Waals surface area contributed by atoms with Gasteiger partial charge in [0.1, 0.15) is 0 Å². The summed E-state index contributed by atoms with van der Waals surface area (Å²) >= 11 is 0. The number of rotatable bonds is 12. The van der Waals surface area contributed by atoms with Gasteiger partial charge in [-0.05, 0) is 65.8 Å². The standard InChI is InChI=1S/C40H46N2/c1-9-12-20-38(41)34-23-27-37(28-24-34)40(6,7)36-25-21-32(22-26-36)30(4)29-39(35(16-10-2)17-11-3)42(8)31(5)33-18-14-13-15-19-33/h9-29,39H,2,5,41H2,1,3-4,6-8H3/b12-9-,17-11-,30-29+,35-16+,38-20-. The van der Waals surface area contributed by atoms with Crippen molar-refractivity contribution < 1.29 is 0 Å². The van der Waals surface area contributed by atoms with E-state index < -0.39 is 0 Å². The van der Waals surface area contributed by atoms with Crippen LogP contribution in [0.3, 0.4) is 0 Å². The van der Waals surface area contributed by atoms with Crippen LogP contribution in [0.5, 0.6) is 0 Å². The van der Waals surface area contributed by atoms with Crippen molar-refractivity contribution >= 4 is 17.0 Å². The largest absolute Gasteiger partial charge is 0.398 e. The van der Waals surface area contributed by atoms with Crippen molar-refractivity contribution in [3.63, 3.8) is 0 Å². The molecule has 0 aliphatic rings. The number of allylic oxidation sites excluding steroid dienone is 7. The van der Waals surface area contributed by atoms with Crippen LogP contribution in [0.25, 0.3) is 17.0 Å². The number of likely N-dealkylation sites (N-methyl/N-ethyl adjacent to an activating group) is 1. The summed E-state index contributed by atoms with van der Waals surface area (Å²) in [5.74, 6) is 0. The molecule has 2 N–H and O–H groups in total. The van der Waals surface area contributed by atoms with E-state index in [4.69, 9.17) is 5.73 Å². The number of hydrogen-bond acceptors (Lipinski definition) is 2. The predicted octanol–water partition coefficient (Wildman–Crippen LogP) is 9.95. The molecule has 0 fully saturated rings. The highest BCUT2D eigenvalue weighted by Gasteiger charge is 2.23. The number of nitrogens with zero attached hydrogens (tertiary/aromatic N) is 1. The summed E-state index contributed by atoms with van der Waals surface area (Å²) in [6, 6.07) is 27.8. The molecule has 0 radical (unpaired) electrons. The van der Waals surface area contributed by atoms with E-state index in [0.29, 0.717) is 0 Å². The van der Waals surface area contributed by atoms with Crippen molar-refractivity contribution in [2.75, 3.05) is 7.05 Å². The fourth-order valence-corrected chi connectivity index (χ4v) is 5.04. The molecule has 0 saturated carbocycles. The summed E-state index contributed by atoms with van der Waals surface area (Å²) in [4.78, 5) is 2.23. The van der Waals surface area contributed by atoms with Crippen LogP contribution in [-0.2, 0) is 5.41 Å². The Morgan fingerprint density at radius 2 is 1.38 bits per heavy atom. The highest BCUT2D eigenvalue weighted by Crippen LogP contribution is 2.33. The maximum absolute atomic E-state index is 6.23. The third kappa shape index (κ3) is 7.79. The van der Waals surface area contributed by atoms with Crippen molar-refractivity contribution in [1.82, 2.24) is 4.90 Å². The Morgan fingerprint density at radius 1 is 0.810 bits per heavy atom. The molecule has 1 atom stereocenters. The zero-order chi connectivity index (χ0) is 30.7. The van der Waals surface area contributed by atoms with Crippen LogP contribution >= 0.6 is 0 Å².